The normalized spacial score (nSPS) is 15.9. The van der Waals surface area contributed by atoms with E-state index >= 15 is 0 Å². The summed E-state index contributed by atoms with van der Waals surface area (Å²) in [6.07, 6.45) is 4.47. The molecule has 0 spiro atoms. The van der Waals surface area contributed by atoms with E-state index in [0.29, 0.717) is 5.92 Å². The smallest absolute Gasteiger partial charge is 0.252 e. The average molecular weight is 282 g/mol. The van der Waals surface area contributed by atoms with Crippen LogP contribution in [-0.4, -0.2) is 16.9 Å². The predicted octanol–water partition coefficient (Wildman–Crippen LogP) is 4.03. The predicted molar refractivity (Wildman–Crippen MR) is 85.6 cm³/mol. The zero-order valence-electron chi connectivity index (χ0n) is 12.7. The fourth-order valence-electron chi connectivity index (χ4n) is 2.78. The van der Waals surface area contributed by atoms with E-state index in [1.807, 2.05) is 30.3 Å². The Morgan fingerprint density at radius 1 is 1.38 bits per heavy atom. The number of hydrogen-bond acceptors (Lipinski definition) is 2. The Kier molecular flexibility index (Phi) is 3.91. The first-order valence-electron chi connectivity index (χ1n) is 7.89. The summed E-state index contributed by atoms with van der Waals surface area (Å²) < 4.78 is 0. The largest absolute Gasteiger partial charge is 0.350 e. The molecule has 1 heterocycles. The lowest BCUT2D eigenvalue weighted by Gasteiger charge is -2.14. The summed E-state index contributed by atoms with van der Waals surface area (Å²) in [4.78, 5) is 17.3. The number of nitrogens with one attached hydrogen (secondary N) is 1. The van der Waals surface area contributed by atoms with E-state index in [2.05, 4.69) is 19.2 Å². The van der Waals surface area contributed by atoms with Crippen LogP contribution in [-0.2, 0) is 0 Å². The van der Waals surface area contributed by atoms with Crippen LogP contribution in [0, 0.1) is 0 Å². The van der Waals surface area contributed by atoms with Crippen LogP contribution in [0.1, 0.15) is 61.5 Å². The number of carbonyl (C=O) groups is 1. The van der Waals surface area contributed by atoms with Gasteiger partial charge in [0, 0.05) is 23.0 Å². The Bertz CT molecular complexity index is 661. The molecule has 1 aromatic heterocycles. The van der Waals surface area contributed by atoms with E-state index < -0.39 is 0 Å². The molecule has 1 aliphatic carbocycles. The molecule has 3 rings (SSSR count). The molecule has 3 nitrogen and oxygen atoms in total. The summed E-state index contributed by atoms with van der Waals surface area (Å²) >= 11 is 0. The quantitative estimate of drug-likeness (QED) is 0.899. The topological polar surface area (TPSA) is 42.0 Å². The monoisotopic (exact) mass is 282 g/mol. The molecule has 0 bridgehead atoms. The first-order chi connectivity index (χ1) is 10.2. The van der Waals surface area contributed by atoms with Gasteiger partial charge in [-0.25, -0.2) is 0 Å². The fraction of sp³-hybridized carbons (Fsp3) is 0.444. The molecule has 1 aliphatic rings. The molecule has 0 radical (unpaired) electrons. The maximum absolute atomic E-state index is 12.6. The highest BCUT2D eigenvalue weighted by Gasteiger charge is 2.27. The highest BCUT2D eigenvalue weighted by molar-refractivity contribution is 6.06. The zero-order valence-corrected chi connectivity index (χ0v) is 12.7. The molecule has 21 heavy (non-hydrogen) atoms. The number of para-hydroxylation sites is 1. The molecule has 1 aromatic carbocycles. The molecule has 1 amide bonds. The Morgan fingerprint density at radius 2 is 2.14 bits per heavy atom. The molecule has 0 unspecified atom stereocenters. The third-order valence-corrected chi connectivity index (χ3v) is 4.08. The van der Waals surface area contributed by atoms with Gasteiger partial charge in [0.05, 0.1) is 11.1 Å². The first kappa shape index (κ1) is 14.1. The van der Waals surface area contributed by atoms with E-state index in [-0.39, 0.29) is 11.9 Å². The van der Waals surface area contributed by atoms with Crippen LogP contribution in [0.15, 0.2) is 30.3 Å². The van der Waals surface area contributed by atoms with Crippen LogP contribution in [0.4, 0.5) is 0 Å². The van der Waals surface area contributed by atoms with Gasteiger partial charge >= 0.3 is 0 Å². The van der Waals surface area contributed by atoms with Crippen molar-refractivity contribution >= 4 is 16.8 Å². The van der Waals surface area contributed by atoms with Gasteiger partial charge in [0.25, 0.3) is 5.91 Å². The second-order valence-corrected chi connectivity index (χ2v) is 6.05. The van der Waals surface area contributed by atoms with Gasteiger partial charge in [0.1, 0.15) is 0 Å². The summed E-state index contributed by atoms with van der Waals surface area (Å²) in [6.45, 7) is 4.20. The maximum atomic E-state index is 12.6. The molecule has 2 aromatic rings. The molecule has 1 saturated carbocycles. The maximum Gasteiger partial charge on any atom is 0.252 e. The van der Waals surface area contributed by atoms with Crippen LogP contribution >= 0.6 is 0 Å². The minimum absolute atomic E-state index is 0.0245. The molecule has 0 aliphatic heterocycles. The van der Waals surface area contributed by atoms with Crippen molar-refractivity contribution in [3.8, 4) is 0 Å². The van der Waals surface area contributed by atoms with Gasteiger partial charge in [0.2, 0.25) is 0 Å². The Balaban J connectivity index is 1.97. The number of hydrogen-bond donors (Lipinski definition) is 1. The number of fused-ring (bicyclic) bond motifs is 1. The summed E-state index contributed by atoms with van der Waals surface area (Å²) in [5.41, 5.74) is 2.77. The second-order valence-electron chi connectivity index (χ2n) is 6.05. The number of amides is 1. The summed E-state index contributed by atoms with van der Waals surface area (Å²) in [6, 6.07) is 10.1. The van der Waals surface area contributed by atoms with Gasteiger partial charge in [-0.15, -0.1) is 0 Å². The molecular weight excluding hydrogens is 260 g/mol. The Labute approximate surface area is 125 Å². The van der Waals surface area contributed by atoms with Crippen molar-refractivity contribution in [1.82, 2.24) is 10.3 Å². The van der Waals surface area contributed by atoms with Crippen molar-refractivity contribution in [2.75, 3.05) is 0 Å². The fourth-order valence-corrected chi connectivity index (χ4v) is 2.78. The van der Waals surface area contributed by atoms with Crippen LogP contribution in [0.2, 0.25) is 0 Å². The summed E-state index contributed by atoms with van der Waals surface area (Å²) in [5.74, 6) is 0.575. The van der Waals surface area contributed by atoms with Gasteiger partial charge in [0.15, 0.2) is 0 Å². The summed E-state index contributed by atoms with van der Waals surface area (Å²) in [7, 11) is 0. The average Bonchev–Trinajstić information content (AvgIpc) is 3.31. The van der Waals surface area contributed by atoms with Crippen LogP contribution < -0.4 is 5.32 Å². The second kappa shape index (κ2) is 5.84. The molecule has 3 heteroatoms. The third kappa shape index (κ3) is 3.07. The van der Waals surface area contributed by atoms with Crippen LogP contribution in [0.5, 0.6) is 0 Å². The van der Waals surface area contributed by atoms with E-state index in [9.17, 15) is 4.79 Å². The molecule has 1 atom stereocenters. The van der Waals surface area contributed by atoms with E-state index in [0.717, 1.165) is 35.0 Å². The standard InChI is InChI=1S/C18H22N2O/c1-3-6-12(2)19-18(21)15-11-17(13-9-10-13)20-16-8-5-4-7-14(15)16/h4-5,7-8,11-13H,3,6,9-10H2,1-2H3,(H,19,21)/t12-/m0/s1. The van der Waals surface area contributed by atoms with Gasteiger partial charge in [-0.2, -0.15) is 0 Å². The molecular formula is C18H22N2O. The third-order valence-electron chi connectivity index (χ3n) is 4.08. The van der Waals surface area contributed by atoms with Crippen molar-refractivity contribution in [2.45, 2.75) is 51.5 Å². The van der Waals surface area contributed by atoms with E-state index in [4.69, 9.17) is 4.98 Å². The SMILES string of the molecule is CCC[C@H](C)NC(=O)c1cc(C2CC2)nc2ccccc12. The van der Waals surface area contributed by atoms with Crippen molar-refractivity contribution in [1.29, 1.82) is 0 Å². The first-order valence-corrected chi connectivity index (χ1v) is 7.89. The van der Waals surface area contributed by atoms with Crippen molar-refractivity contribution in [3.63, 3.8) is 0 Å². The van der Waals surface area contributed by atoms with Crippen molar-refractivity contribution < 1.29 is 4.79 Å². The van der Waals surface area contributed by atoms with Gasteiger partial charge in [-0.1, -0.05) is 31.5 Å². The minimum atomic E-state index is 0.0245. The highest BCUT2D eigenvalue weighted by Crippen LogP contribution is 2.40. The van der Waals surface area contributed by atoms with E-state index in [1.165, 1.54) is 12.8 Å². The molecule has 1 fully saturated rings. The van der Waals surface area contributed by atoms with Gasteiger partial charge in [-0.3, -0.25) is 9.78 Å². The van der Waals surface area contributed by atoms with Gasteiger partial charge < -0.3 is 5.32 Å². The number of carbonyl (C=O) groups excluding carboxylic acids is 1. The number of pyridine rings is 1. The lowest BCUT2D eigenvalue weighted by Crippen LogP contribution is -2.32. The number of aromatic nitrogens is 1. The molecule has 0 saturated heterocycles. The zero-order chi connectivity index (χ0) is 14.8. The molecule has 1 N–H and O–H groups in total. The summed E-state index contributed by atoms with van der Waals surface area (Å²) in [5, 5.41) is 4.06. The minimum Gasteiger partial charge on any atom is -0.350 e. The Morgan fingerprint density at radius 3 is 2.86 bits per heavy atom. The van der Waals surface area contributed by atoms with Crippen molar-refractivity contribution in [2.24, 2.45) is 0 Å². The number of nitrogens with zero attached hydrogens (tertiary/aromatic N) is 1. The van der Waals surface area contributed by atoms with E-state index in [1.54, 1.807) is 0 Å². The lowest BCUT2D eigenvalue weighted by molar-refractivity contribution is 0.0940. The van der Waals surface area contributed by atoms with Crippen LogP contribution in [0.25, 0.3) is 10.9 Å². The van der Waals surface area contributed by atoms with Crippen molar-refractivity contribution in [3.05, 3.63) is 41.6 Å². The number of benzene rings is 1. The highest BCUT2D eigenvalue weighted by atomic mass is 16.1. The number of rotatable bonds is 5. The van der Waals surface area contributed by atoms with Gasteiger partial charge in [-0.05, 0) is 38.3 Å². The van der Waals surface area contributed by atoms with Crippen LogP contribution in [0.3, 0.4) is 0 Å². The molecule has 110 valence electrons. The lowest BCUT2D eigenvalue weighted by atomic mass is 10.0. The Hall–Kier alpha value is -1.90.